The lowest BCUT2D eigenvalue weighted by Crippen LogP contribution is -2.61. The number of phenolic OH excluding ortho intramolecular Hbond substituents is 1. The summed E-state index contributed by atoms with van der Waals surface area (Å²) in [4.78, 5) is 211. The largest absolute Gasteiger partial charge is 0.508 e. The predicted molar refractivity (Wildman–Crippen MR) is 421 cm³/mol. The number of nitrogens with two attached hydrogens (primary N) is 7. The third-order valence-electron chi connectivity index (χ3n) is 19.1. The number of aromatic hydroxyl groups is 1. The van der Waals surface area contributed by atoms with Gasteiger partial charge in [-0.15, -0.1) is 0 Å². The Hall–Kier alpha value is -10.8. The van der Waals surface area contributed by atoms with Gasteiger partial charge in [0.05, 0.1) is 19.0 Å². The van der Waals surface area contributed by atoms with Gasteiger partial charge in [0.2, 0.25) is 76.8 Å². The van der Waals surface area contributed by atoms with E-state index in [4.69, 9.17) is 40.1 Å². The second-order valence-corrected chi connectivity index (χ2v) is 29.5. The van der Waals surface area contributed by atoms with E-state index in [0.29, 0.717) is 43.2 Å². The maximum Gasteiger partial charge on any atom is 0.305 e. The Morgan fingerprint density at radius 3 is 1.44 bits per heavy atom. The van der Waals surface area contributed by atoms with E-state index in [9.17, 15) is 72.5 Å². The average Bonchev–Trinajstić information content (AvgIpc) is 1.05. The van der Waals surface area contributed by atoms with Gasteiger partial charge >= 0.3 is 5.97 Å². The first kappa shape index (κ1) is 94.6. The predicted octanol–water partition coefficient (Wildman–Crippen LogP) is -4.04. The highest BCUT2D eigenvalue weighted by atomic mass is 16.4. The van der Waals surface area contributed by atoms with Crippen molar-refractivity contribution in [1.29, 1.82) is 0 Å². The molecule has 0 radical (unpaired) electrons. The summed E-state index contributed by atoms with van der Waals surface area (Å²) in [5, 5.41) is 52.1. The number of aliphatic carboxylic acids is 1. The molecule has 0 spiro atoms. The van der Waals surface area contributed by atoms with E-state index in [0.717, 1.165) is 0 Å². The Morgan fingerprint density at radius 1 is 0.487 bits per heavy atom. The summed E-state index contributed by atoms with van der Waals surface area (Å²) in [6.45, 7) is 9.83. The second kappa shape index (κ2) is 49.6. The monoisotopic (exact) mass is 1590 g/mol. The van der Waals surface area contributed by atoms with Gasteiger partial charge in [0.1, 0.15) is 72.2 Å². The van der Waals surface area contributed by atoms with Crippen molar-refractivity contribution in [2.24, 2.45) is 67.9 Å². The normalized spacial score (nSPS) is 24.3. The molecule has 2 aliphatic rings. The highest BCUT2D eigenvalue weighted by Crippen LogP contribution is 2.23. The van der Waals surface area contributed by atoms with Crippen LogP contribution in [-0.2, 0) is 80.0 Å². The minimum Gasteiger partial charge on any atom is -0.508 e. The van der Waals surface area contributed by atoms with Crippen LogP contribution < -0.4 is 104 Å². The third kappa shape index (κ3) is 34.4. The van der Waals surface area contributed by atoms with Crippen LogP contribution in [0.4, 0.5) is 0 Å². The van der Waals surface area contributed by atoms with Gasteiger partial charge in [-0.2, -0.15) is 0 Å². The molecule has 2 saturated heterocycles. The van der Waals surface area contributed by atoms with Gasteiger partial charge in [-0.05, 0) is 150 Å². The van der Waals surface area contributed by atoms with E-state index < -0.39 is 174 Å². The fraction of sp³-hybridized carbons (Fsp3) is 0.627. The number of nitrogens with one attached hydrogen (secondary N) is 12. The molecule has 0 unspecified atom stereocenters. The zero-order valence-electron chi connectivity index (χ0n) is 65.7. The number of carbonyl (C=O) groups excluding carboxylic acids is 13. The molecule has 13 amide bonds. The van der Waals surface area contributed by atoms with Crippen LogP contribution in [-0.4, -0.2) is 228 Å². The zero-order valence-corrected chi connectivity index (χ0v) is 65.7. The Labute approximate surface area is 659 Å². The average molecular weight is 1590 g/mol. The Balaban J connectivity index is 1.87. The lowest BCUT2D eigenvalue weighted by Gasteiger charge is -2.32. The number of phenols is 1. The minimum absolute atomic E-state index is 0.00102. The number of rotatable bonds is 28. The number of benzene rings is 2. The molecule has 38 nitrogen and oxygen atoms in total. The highest BCUT2D eigenvalue weighted by Gasteiger charge is 2.42. The van der Waals surface area contributed by atoms with Gasteiger partial charge in [0.15, 0.2) is 11.9 Å². The summed E-state index contributed by atoms with van der Waals surface area (Å²) in [5.74, 6) is -14.7. The zero-order chi connectivity index (χ0) is 83.9. The maximum absolute atomic E-state index is 15.1. The van der Waals surface area contributed by atoms with Crippen molar-refractivity contribution in [2.45, 2.75) is 236 Å². The lowest BCUT2D eigenvalue weighted by molar-refractivity contribution is -0.143. The van der Waals surface area contributed by atoms with Crippen molar-refractivity contribution >= 4 is 94.7 Å². The van der Waals surface area contributed by atoms with Gasteiger partial charge in [-0.3, -0.25) is 77.1 Å². The lowest BCUT2D eigenvalue weighted by atomic mass is 9.96. The number of guanidine groups is 2. The molecule has 2 fully saturated rings. The van der Waals surface area contributed by atoms with Crippen molar-refractivity contribution in [3.63, 3.8) is 0 Å². The van der Waals surface area contributed by atoms with Crippen molar-refractivity contribution in [3.05, 3.63) is 65.7 Å². The van der Waals surface area contributed by atoms with Crippen LogP contribution in [0.3, 0.4) is 0 Å². The second-order valence-electron chi connectivity index (χ2n) is 29.5. The van der Waals surface area contributed by atoms with Crippen molar-refractivity contribution < 1.29 is 77.3 Å². The molecule has 2 aliphatic heterocycles. The van der Waals surface area contributed by atoms with Crippen LogP contribution in [0.5, 0.6) is 5.75 Å². The first-order valence-corrected chi connectivity index (χ1v) is 38.8. The van der Waals surface area contributed by atoms with Gasteiger partial charge < -0.3 is 119 Å². The molecule has 2 aromatic rings. The maximum atomic E-state index is 15.1. The summed E-state index contributed by atoms with van der Waals surface area (Å²) in [5.41, 5.74) is 41.6. The summed E-state index contributed by atoms with van der Waals surface area (Å²) in [7, 11) is 0. The molecular formula is C75H122N22O16. The molecule has 2 aromatic carbocycles. The van der Waals surface area contributed by atoms with E-state index in [1.807, 2.05) is 0 Å². The smallest absolute Gasteiger partial charge is 0.305 e. The summed E-state index contributed by atoms with van der Waals surface area (Å²) in [6.07, 6.45) is 0.401. The molecule has 13 atom stereocenters. The molecule has 38 heteroatoms. The van der Waals surface area contributed by atoms with Crippen LogP contribution in [0.1, 0.15) is 162 Å². The van der Waals surface area contributed by atoms with Crippen LogP contribution >= 0.6 is 0 Å². The first-order chi connectivity index (χ1) is 53.6. The van der Waals surface area contributed by atoms with E-state index in [1.54, 1.807) is 71.9 Å². The SMILES string of the molecule is CC[C@H](C)[C@H]1NC(=O)[C@H](CCCN=C(N)N)NC(=O)[C@@H](N)CCNC(=O)[C@H](CC(C)C)NC(=O)[C@H](Cc2ccccc2)NC(=O)[C@@H](CC(=O)O)NC(=O)CNC(=O)[C@H](Cc2ccc(O)cc2)NC(=O)[C@H](CCCCN)NC(=O)[C@H](CC(C)C)NC(=O)[C@H](CCCCN)NC(=O)[C@@H]2CCCN2C(=O)[C@H](CCCN=C(N)N)NC1=O. The Bertz CT molecular complexity index is 3540. The summed E-state index contributed by atoms with van der Waals surface area (Å²) < 4.78 is 0. The van der Waals surface area contributed by atoms with Crippen molar-refractivity contribution in [2.75, 3.05) is 45.8 Å². The minimum atomic E-state index is -1.89. The van der Waals surface area contributed by atoms with Gasteiger partial charge in [0, 0.05) is 39.0 Å². The number of hydrogen-bond donors (Lipinski definition) is 21. The molecule has 113 heavy (non-hydrogen) atoms. The summed E-state index contributed by atoms with van der Waals surface area (Å²) >= 11 is 0. The van der Waals surface area contributed by atoms with Gasteiger partial charge in [-0.25, -0.2) is 0 Å². The first-order valence-electron chi connectivity index (χ1n) is 38.8. The van der Waals surface area contributed by atoms with Gasteiger partial charge in [-0.1, -0.05) is 90.4 Å². The molecule has 0 aromatic heterocycles. The fourth-order valence-electron chi connectivity index (χ4n) is 12.8. The molecule has 4 rings (SSSR count). The molecular weight excluding hydrogens is 1460 g/mol. The number of fused-ring (bicyclic) bond motifs is 1. The van der Waals surface area contributed by atoms with Crippen LogP contribution in [0.15, 0.2) is 64.6 Å². The van der Waals surface area contributed by atoms with Gasteiger partial charge in [0.25, 0.3) is 0 Å². The molecule has 2 heterocycles. The van der Waals surface area contributed by atoms with E-state index >= 15 is 4.79 Å². The Kier molecular flexibility index (Phi) is 41.5. The molecule has 28 N–H and O–H groups in total. The van der Waals surface area contributed by atoms with Crippen molar-refractivity contribution in [3.8, 4) is 5.75 Å². The number of carboxylic acids is 1. The number of hydrogen-bond acceptors (Lipinski definition) is 20. The molecule has 628 valence electrons. The standard InChI is InChI=1S/C75H122N22O16/c1-7-44(6)61-72(112)91-52(23-16-33-85-75(81)82)73(113)97-35-17-24-58(97)71(111)90-50(21-12-14-31-77)66(106)93-54(37-43(4)5)68(108)89-49(20-11-13-30-76)65(105)94-55(39-46-25-27-47(98)28-26-46)64(104)86-41-59(99)87-57(40-60(100)101)70(110)95-56(38-45-18-9-8-10-19-45)69(109)92-53(36-42(2)3)63(103)83-34-29-48(78)62(102)88-51(67(107)96-61)22-15-32-84-74(79)80/h8-10,18-19,25-28,42-44,48-58,61,98H,7,11-17,20-24,29-41,76-78H2,1-6H3,(H,83,103)(H,86,104)(H,87,99)(H,88,102)(H,89,108)(H,90,111)(H,91,112)(H,92,109)(H,93,106)(H,94,105)(H,95,110)(H,96,107)(H,100,101)(H4,79,80,84)(H4,81,82,85)/t44-,48-,49-,50-,51-,52-,53-,54-,55-,56-,57+,58-,61+/m0/s1. The quantitative estimate of drug-likeness (QED) is 0.0219. The number of amides is 13. The number of carbonyl (C=O) groups is 14. The van der Waals surface area contributed by atoms with E-state index in [1.165, 1.54) is 29.2 Å². The number of unbranched alkanes of at least 4 members (excludes halogenated alkanes) is 2. The topological polar surface area (TPSA) is 634 Å². The highest BCUT2D eigenvalue weighted by molar-refractivity contribution is 6.00. The molecule has 0 bridgehead atoms. The van der Waals surface area contributed by atoms with Crippen LogP contribution in [0, 0.1) is 17.8 Å². The summed E-state index contributed by atoms with van der Waals surface area (Å²) in [6, 6.07) is -3.18. The van der Waals surface area contributed by atoms with Crippen molar-refractivity contribution in [1.82, 2.24) is 68.7 Å². The van der Waals surface area contributed by atoms with E-state index in [2.05, 4.69) is 73.8 Å². The van der Waals surface area contributed by atoms with Crippen LogP contribution in [0.2, 0.25) is 0 Å². The number of nitrogens with zero attached hydrogens (tertiary/aromatic N) is 3. The number of aliphatic imine (C=N–C) groups is 2. The molecule has 0 aliphatic carbocycles. The fourth-order valence-corrected chi connectivity index (χ4v) is 12.8. The Morgan fingerprint density at radius 2 is 0.920 bits per heavy atom. The third-order valence-corrected chi connectivity index (χ3v) is 19.1. The number of carboxylic acid groups (broad SMARTS) is 1. The van der Waals surface area contributed by atoms with Crippen LogP contribution in [0.25, 0.3) is 0 Å². The van der Waals surface area contributed by atoms with E-state index in [-0.39, 0.29) is 152 Å². The molecule has 0 saturated carbocycles.